The largest absolute Gasteiger partial charge is 0.479 e. The Balaban J connectivity index is 2.42. The average Bonchev–Trinajstić information content (AvgIpc) is 2.36. The Morgan fingerprint density at radius 2 is 2.00 bits per heavy atom. The third-order valence-electron chi connectivity index (χ3n) is 2.91. The van der Waals surface area contributed by atoms with Crippen molar-refractivity contribution in [2.75, 3.05) is 32.8 Å². The molecule has 1 aliphatic rings. The van der Waals surface area contributed by atoms with Crippen molar-refractivity contribution in [2.24, 2.45) is 0 Å². The predicted octanol–water partition coefficient (Wildman–Crippen LogP) is -1.34. The molecule has 0 saturated carbocycles. The van der Waals surface area contributed by atoms with E-state index in [1.807, 2.05) is 0 Å². The Bertz CT molecular complexity index is 313. The highest BCUT2D eigenvalue weighted by Gasteiger charge is 2.31. The van der Waals surface area contributed by atoms with Crippen molar-refractivity contribution in [3.8, 4) is 0 Å². The Morgan fingerprint density at radius 3 is 2.50 bits per heavy atom. The maximum Gasteiger partial charge on any atom is 0.336 e. The molecule has 3 N–H and O–H groups in total. The standard InChI is InChI=1S/C11H20N2O5/c1-8(12-7-11(2,17)10(15)16)9(14)13-3-5-18-6-4-13/h8,12,17H,3-7H2,1-2H3,(H,15,16). The fraction of sp³-hybridized carbons (Fsp3) is 0.818. The van der Waals surface area contributed by atoms with E-state index in [0.717, 1.165) is 0 Å². The number of carboxylic acids is 1. The first-order valence-corrected chi connectivity index (χ1v) is 5.90. The maximum atomic E-state index is 12.0. The molecule has 2 unspecified atom stereocenters. The van der Waals surface area contributed by atoms with Gasteiger partial charge in [0, 0.05) is 19.6 Å². The number of carbonyl (C=O) groups excluding carboxylic acids is 1. The summed E-state index contributed by atoms with van der Waals surface area (Å²) < 4.78 is 5.14. The van der Waals surface area contributed by atoms with E-state index in [-0.39, 0.29) is 12.5 Å². The number of hydrogen-bond donors (Lipinski definition) is 3. The molecule has 0 aromatic heterocycles. The molecule has 1 amide bonds. The lowest BCUT2D eigenvalue weighted by Crippen LogP contribution is -2.53. The number of carbonyl (C=O) groups is 2. The highest BCUT2D eigenvalue weighted by Crippen LogP contribution is 2.04. The number of nitrogens with one attached hydrogen (secondary N) is 1. The van der Waals surface area contributed by atoms with Crippen LogP contribution >= 0.6 is 0 Å². The van der Waals surface area contributed by atoms with E-state index in [0.29, 0.717) is 26.3 Å². The van der Waals surface area contributed by atoms with Gasteiger partial charge in [0.15, 0.2) is 5.60 Å². The van der Waals surface area contributed by atoms with Gasteiger partial charge in [-0.3, -0.25) is 4.79 Å². The summed E-state index contributed by atoms with van der Waals surface area (Å²) in [4.78, 5) is 24.3. The van der Waals surface area contributed by atoms with Gasteiger partial charge >= 0.3 is 5.97 Å². The molecular weight excluding hydrogens is 240 g/mol. The zero-order valence-corrected chi connectivity index (χ0v) is 10.7. The van der Waals surface area contributed by atoms with E-state index in [9.17, 15) is 14.7 Å². The number of ether oxygens (including phenoxy) is 1. The molecule has 7 nitrogen and oxygen atoms in total. The van der Waals surface area contributed by atoms with Gasteiger partial charge in [-0.2, -0.15) is 0 Å². The molecule has 0 aliphatic carbocycles. The second-order valence-corrected chi connectivity index (χ2v) is 4.62. The number of amides is 1. The van der Waals surface area contributed by atoms with Crippen molar-refractivity contribution in [3.05, 3.63) is 0 Å². The van der Waals surface area contributed by atoms with E-state index in [1.54, 1.807) is 11.8 Å². The second kappa shape index (κ2) is 6.12. The van der Waals surface area contributed by atoms with Crippen LogP contribution in [0.5, 0.6) is 0 Å². The number of aliphatic hydroxyl groups is 1. The van der Waals surface area contributed by atoms with Crippen LogP contribution in [0.1, 0.15) is 13.8 Å². The lowest BCUT2D eigenvalue weighted by Gasteiger charge is -2.30. The Morgan fingerprint density at radius 1 is 1.44 bits per heavy atom. The fourth-order valence-corrected chi connectivity index (χ4v) is 1.57. The van der Waals surface area contributed by atoms with Crippen LogP contribution in [-0.4, -0.2) is 71.5 Å². The molecule has 18 heavy (non-hydrogen) atoms. The Hall–Kier alpha value is -1.18. The molecule has 1 rings (SSSR count). The van der Waals surface area contributed by atoms with Gasteiger partial charge in [-0.05, 0) is 13.8 Å². The minimum atomic E-state index is -1.88. The Kier molecular flexibility index (Phi) is 5.06. The van der Waals surface area contributed by atoms with Crippen LogP contribution in [0, 0.1) is 0 Å². The van der Waals surface area contributed by atoms with Crippen molar-refractivity contribution in [1.29, 1.82) is 0 Å². The molecule has 0 aromatic carbocycles. The third-order valence-corrected chi connectivity index (χ3v) is 2.91. The van der Waals surface area contributed by atoms with Crippen molar-refractivity contribution in [3.63, 3.8) is 0 Å². The van der Waals surface area contributed by atoms with Crippen LogP contribution in [0.25, 0.3) is 0 Å². The van der Waals surface area contributed by atoms with Crippen molar-refractivity contribution < 1.29 is 24.5 Å². The first-order chi connectivity index (χ1) is 8.34. The highest BCUT2D eigenvalue weighted by molar-refractivity contribution is 5.82. The fourth-order valence-electron chi connectivity index (χ4n) is 1.57. The molecule has 0 bridgehead atoms. The summed E-state index contributed by atoms with van der Waals surface area (Å²) in [7, 11) is 0. The smallest absolute Gasteiger partial charge is 0.336 e. The summed E-state index contributed by atoms with van der Waals surface area (Å²) >= 11 is 0. The van der Waals surface area contributed by atoms with Crippen LogP contribution in [0.2, 0.25) is 0 Å². The summed E-state index contributed by atoms with van der Waals surface area (Å²) in [6.07, 6.45) is 0. The highest BCUT2D eigenvalue weighted by atomic mass is 16.5. The van der Waals surface area contributed by atoms with Crippen LogP contribution < -0.4 is 5.32 Å². The first-order valence-electron chi connectivity index (χ1n) is 5.90. The van der Waals surface area contributed by atoms with E-state index >= 15 is 0 Å². The molecule has 1 fully saturated rings. The lowest BCUT2D eigenvalue weighted by molar-refractivity contribution is -0.156. The minimum absolute atomic E-state index is 0.112. The zero-order chi connectivity index (χ0) is 13.8. The maximum absolute atomic E-state index is 12.0. The van der Waals surface area contributed by atoms with Gasteiger partial charge in [-0.1, -0.05) is 0 Å². The number of rotatable bonds is 5. The molecule has 1 heterocycles. The average molecular weight is 260 g/mol. The molecule has 0 radical (unpaired) electrons. The van der Waals surface area contributed by atoms with Crippen LogP contribution in [-0.2, 0) is 14.3 Å². The van der Waals surface area contributed by atoms with E-state index in [4.69, 9.17) is 9.84 Å². The molecule has 0 spiro atoms. The zero-order valence-electron chi connectivity index (χ0n) is 10.7. The van der Waals surface area contributed by atoms with Gasteiger partial charge in [0.05, 0.1) is 19.3 Å². The number of morpholine rings is 1. The summed E-state index contributed by atoms with van der Waals surface area (Å²) in [5, 5.41) is 21.0. The van der Waals surface area contributed by atoms with Gasteiger partial charge in [0.25, 0.3) is 0 Å². The molecule has 104 valence electrons. The number of carboxylic acid groups (broad SMARTS) is 1. The van der Waals surface area contributed by atoms with Gasteiger partial charge in [0.1, 0.15) is 0 Å². The molecule has 7 heteroatoms. The van der Waals surface area contributed by atoms with Crippen LogP contribution in [0.15, 0.2) is 0 Å². The van der Waals surface area contributed by atoms with Gasteiger partial charge in [-0.25, -0.2) is 4.79 Å². The monoisotopic (exact) mass is 260 g/mol. The molecule has 0 aromatic rings. The summed E-state index contributed by atoms with van der Waals surface area (Å²) in [5.41, 5.74) is -1.88. The number of aliphatic carboxylic acids is 1. The third kappa shape index (κ3) is 3.94. The van der Waals surface area contributed by atoms with Gasteiger partial charge < -0.3 is 25.2 Å². The lowest BCUT2D eigenvalue weighted by atomic mass is 10.1. The molecule has 1 aliphatic heterocycles. The van der Waals surface area contributed by atoms with E-state index < -0.39 is 17.6 Å². The SMILES string of the molecule is CC(NCC(C)(O)C(=O)O)C(=O)N1CCOCC1. The molecule has 2 atom stereocenters. The first kappa shape index (κ1) is 14.9. The second-order valence-electron chi connectivity index (χ2n) is 4.62. The summed E-state index contributed by atoms with van der Waals surface area (Å²) in [5.74, 6) is -1.43. The quantitative estimate of drug-likeness (QED) is 0.566. The topological polar surface area (TPSA) is 99.1 Å². The van der Waals surface area contributed by atoms with Crippen LogP contribution in [0.3, 0.4) is 0 Å². The normalized spacial score (nSPS) is 21.2. The number of hydrogen-bond acceptors (Lipinski definition) is 5. The molecular formula is C11H20N2O5. The molecule has 1 saturated heterocycles. The summed E-state index contributed by atoms with van der Waals surface area (Å²) in [6.45, 7) is 4.78. The van der Waals surface area contributed by atoms with E-state index in [2.05, 4.69) is 5.32 Å². The Labute approximate surface area is 106 Å². The van der Waals surface area contributed by atoms with Gasteiger partial charge in [-0.15, -0.1) is 0 Å². The summed E-state index contributed by atoms with van der Waals surface area (Å²) in [6, 6.07) is -0.533. The van der Waals surface area contributed by atoms with Gasteiger partial charge in [0.2, 0.25) is 5.91 Å². The number of nitrogens with zero attached hydrogens (tertiary/aromatic N) is 1. The van der Waals surface area contributed by atoms with Crippen molar-refractivity contribution in [2.45, 2.75) is 25.5 Å². The van der Waals surface area contributed by atoms with Crippen molar-refractivity contribution >= 4 is 11.9 Å². The predicted molar refractivity (Wildman–Crippen MR) is 63.1 cm³/mol. The van der Waals surface area contributed by atoms with E-state index in [1.165, 1.54) is 6.92 Å². The van der Waals surface area contributed by atoms with Crippen LogP contribution in [0.4, 0.5) is 0 Å². The van der Waals surface area contributed by atoms with Crippen molar-refractivity contribution in [1.82, 2.24) is 10.2 Å². The minimum Gasteiger partial charge on any atom is -0.479 e.